The number of rotatable bonds is 5. The summed E-state index contributed by atoms with van der Waals surface area (Å²) in [5.41, 5.74) is 3.51. The van der Waals surface area contributed by atoms with Crippen LogP contribution in [-0.2, 0) is 0 Å². The van der Waals surface area contributed by atoms with Gasteiger partial charge < -0.3 is 10.6 Å². The third kappa shape index (κ3) is 4.42. The molecule has 6 heteroatoms. The number of carbonyl (C=O) groups excluding carboxylic acids is 1. The molecule has 2 N–H and O–H groups in total. The van der Waals surface area contributed by atoms with E-state index in [-0.39, 0.29) is 5.78 Å². The Morgan fingerprint density at radius 1 is 1.04 bits per heavy atom. The Balaban J connectivity index is 1.78. The number of hydrogen-bond acceptors (Lipinski definition) is 5. The zero-order valence-electron chi connectivity index (χ0n) is 13.9. The van der Waals surface area contributed by atoms with Crippen molar-refractivity contribution in [3.63, 3.8) is 0 Å². The summed E-state index contributed by atoms with van der Waals surface area (Å²) in [7, 11) is 0. The van der Waals surface area contributed by atoms with Gasteiger partial charge in [0.15, 0.2) is 5.78 Å². The van der Waals surface area contributed by atoms with E-state index in [0.717, 1.165) is 21.4 Å². The van der Waals surface area contributed by atoms with Gasteiger partial charge in [-0.25, -0.2) is 4.98 Å². The second-order valence-electron chi connectivity index (χ2n) is 5.62. The number of nitrogens with one attached hydrogen (secondary N) is 2. The molecule has 126 valence electrons. The van der Waals surface area contributed by atoms with E-state index in [1.54, 1.807) is 31.3 Å². The van der Waals surface area contributed by atoms with Gasteiger partial charge in [0.25, 0.3) is 0 Å². The molecule has 3 aromatic rings. The number of nitrogens with zero attached hydrogens (tertiary/aromatic N) is 2. The maximum atomic E-state index is 11.5. The Kier molecular flexibility index (Phi) is 5.09. The number of benzene rings is 2. The van der Waals surface area contributed by atoms with Gasteiger partial charge in [-0.1, -0.05) is 34.1 Å². The summed E-state index contributed by atoms with van der Waals surface area (Å²) in [5, 5.41) is 6.37. The summed E-state index contributed by atoms with van der Waals surface area (Å²) >= 11 is 3.52. The Hall–Kier alpha value is -2.73. The van der Waals surface area contributed by atoms with Crippen LogP contribution in [-0.4, -0.2) is 15.8 Å². The summed E-state index contributed by atoms with van der Waals surface area (Å²) < 4.78 is 1.02. The van der Waals surface area contributed by atoms with Crippen LogP contribution in [0.3, 0.4) is 0 Å². The van der Waals surface area contributed by atoms with Crippen molar-refractivity contribution >= 4 is 44.9 Å². The van der Waals surface area contributed by atoms with Crippen molar-refractivity contribution in [2.45, 2.75) is 13.8 Å². The third-order valence-electron chi connectivity index (χ3n) is 3.63. The van der Waals surface area contributed by atoms with E-state index in [4.69, 9.17) is 0 Å². The lowest BCUT2D eigenvalue weighted by atomic mass is 10.1. The van der Waals surface area contributed by atoms with Crippen molar-refractivity contribution in [1.82, 2.24) is 9.97 Å². The molecule has 0 bridgehead atoms. The molecule has 0 aliphatic heterocycles. The zero-order valence-corrected chi connectivity index (χ0v) is 15.5. The van der Waals surface area contributed by atoms with Crippen LogP contribution in [0.25, 0.3) is 0 Å². The van der Waals surface area contributed by atoms with Gasteiger partial charge in [-0.15, -0.1) is 0 Å². The van der Waals surface area contributed by atoms with E-state index in [2.05, 4.69) is 36.5 Å². The number of anilines is 4. The first-order valence-corrected chi connectivity index (χ1v) is 8.55. The molecule has 0 saturated heterocycles. The molecule has 0 fully saturated rings. The second kappa shape index (κ2) is 7.44. The van der Waals surface area contributed by atoms with Crippen LogP contribution in [0.4, 0.5) is 23.1 Å². The molecule has 0 amide bonds. The Morgan fingerprint density at radius 3 is 2.60 bits per heavy atom. The number of aryl methyl sites for hydroxylation is 1. The first-order chi connectivity index (χ1) is 12.0. The first-order valence-electron chi connectivity index (χ1n) is 7.75. The SMILES string of the molecule is CC(=O)c1cccc(Nc2ccnc(Nc3ccc(C)c(Br)c3)n2)c1. The van der Waals surface area contributed by atoms with Gasteiger partial charge in [0.05, 0.1) is 0 Å². The van der Waals surface area contributed by atoms with E-state index in [0.29, 0.717) is 17.3 Å². The maximum Gasteiger partial charge on any atom is 0.229 e. The van der Waals surface area contributed by atoms with Crippen LogP contribution in [0, 0.1) is 6.92 Å². The smallest absolute Gasteiger partial charge is 0.229 e. The molecule has 0 aliphatic rings. The van der Waals surface area contributed by atoms with E-state index < -0.39 is 0 Å². The topological polar surface area (TPSA) is 66.9 Å². The molecule has 1 aromatic heterocycles. The minimum Gasteiger partial charge on any atom is -0.340 e. The molecule has 2 aromatic carbocycles. The molecule has 5 nitrogen and oxygen atoms in total. The number of halogens is 1. The van der Waals surface area contributed by atoms with Crippen molar-refractivity contribution in [2.75, 3.05) is 10.6 Å². The van der Waals surface area contributed by atoms with Crippen LogP contribution in [0.15, 0.2) is 59.2 Å². The number of ketones is 1. The highest BCUT2D eigenvalue weighted by atomic mass is 79.9. The van der Waals surface area contributed by atoms with Gasteiger partial charge in [-0.05, 0) is 49.7 Å². The Morgan fingerprint density at radius 2 is 1.84 bits per heavy atom. The number of Topliss-reactive ketones (excluding diaryl/α,β-unsaturated/α-hetero) is 1. The van der Waals surface area contributed by atoms with Crippen LogP contribution in [0.2, 0.25) is 0 Å². The Labute approximate surface area is 154 Å². The summed E-state index contributed by atoms with van der Waals surface area (Å²) in [5.74, 6) is 1.16. The lowest BCUT2D eigenvalue weighted by Crippen LogP contribution is -2.01. The third-order valence-corrected chi connectivity index (χ3v) is 4.48. The lowest BCUT2D eigenvalue weighted by molar-refractivity contribution is 0.101. The molecule has 0 aliphatic carbocycles. The number of hydrogen-bond donors (Lipinski definition) is 2. The molecule has 3 rings (SSSR count). The van der Waals surface area contributed by atoms with Gasteiger partial charge in [-0.2, -0.15) is 4.98 Å². The average Bonchev–Trinajstić information content (AvgIpc) is 2.59. The maximum absolute atomic E-state index is 11.5. The van der Waals surface area contributed by atoms with Gasteiger partial charge in [0.1, 0.15) is 5.82 Å². The predicted octanol–water partition coefficient (Wildman–Crippen LogP) is 5.24. The minimum atomic E-state index is 0.0265. The highest BCUT2D eigenvalue weighted by Gasteiger charge is 2.04. The summed E-state index contributed by atoms with van der Waals surface area (Å²) in [6.07, 6.45) is 1.68. The first kappa shape index (κ1) is 17.1. The zero-order chi connectivity index (χ0) is 17.8. The van der Waals surface area contributed by atoms with Crippen LogP contribution in [0.1, 0.15) is 22.8 Å². The molecule has 0 atom stereocenters. The molecular weight excluding hydrogens is 380 g/mol. The lowest BCUT2D eigenvalue weighted by Gasteiger charge is -2.10. The summed E-state index contributed by atoms with van der Waals surface area (Å²) in [4.78, 5) is 20.2. The molecule has 0 spiro atoms. The minimum absolute atomic E-state index is 0.0265. The van der Waals surface area contributed by atoms with E-state index in [1.807, 2.05) is 37.3 Å². The molecular formula is C19H17BrN4O. The van der Waals surface area contributed by atoms with Gasteiger partial charge in [-0.3, -0.25) is 4.79 Å². The normalized spacial score (nSPS) is 10.4. The fourth-order valence-corrected chi connectivity index (χ4v) is 2.63. The van der Waals surface area contributed by atoms with Crippen molar-refractivity contribution in [1.29, 1.82) is 0 Å². The predicted molar refractivity (Wildman–Crippen MR) is 104 cm³/mol. The van der Waals surface area contributed by atoms with Crippen LogP contribution in [0.5, 0.6) is 0 Å². The summed E-state index contributed by atoms with van der Waals surface area (Å²) in [6.45, 7) is 3.58. The van der Waals surface area contributed by atoms with E-state index in [9.17, 15) is 4.79 Å². The molecule has 1 heterocycles. The van der Waals surface area contributed by atoms with Gasteiger partial charge in [0, 0.05) is 27.6 Å². The van der Waals surface area contributed by atoms with Crippen molar-refractivity contribution in [3.05, 3.63) is 70.3 Å². The molecule has 25 heavy (non-hydrogen) atoms. The number of aromatic nitrogens is 2. The van der Waals surface area contributed by atoms with Crippen molar-refractivity contribution in [3.8, 4) is 0 Å². The standard InChI is InChI=1S/C19H17BrN4O/c1-12-6-7-16(11-17(12)20)23-19-21-9-8-18(24-19)22-15-5-3-4-14(10-15)13(2)25/h3-11H,1-2H3,(H2,21,22,23,24). The van der Waals surface area contributed by atoms with E-state index in [1.165, 1.54) is 0 Å². The van der Waals surface area contributed by atoms with Crippen LogP contribution < -0.4 is 10.6 Å². The Bertz CT molecular complexity index is 927. The fraction of sp³-hybridized carbons (Fsp3) is 0.105. The second-order valence-corrected chi connectivity index (χ2v) is 6.47. The highest BCUT2D eigenvalue weighted by molar-refractivity contribution is 9.10. The molecule has 0 unspecified atom stereocenters. The van der Waals surface area contributed by atoms with Crippen LogP contribution >= 0.6 is 15.9 Å². The van der Waals surface area contributed by atoms with Crippen molar-refractivity contribution in [2.24, 2.45) is 0 Å². The largest absolute Gasteiger partial charge is 0.340 e. The molecule has 0 radical (unpaired) electrons. The number of carbonyl (C=O) groups is 1. The van der Waals surface area contributed by atoms with Gasteiger partial charge >= 0.3 is 0 Å². The fourth-order valence-electron chi connectivity index (χ4n) is 2.25. The van der Waals surface area contributed by atoms with Gasteiger partial charge in [0.2, 0.25) is 5.95 Å². The van der Waals surface area contributed by atoms with E-state index >= 15 is 0 Å². The monoisotopic (exact) mass is 396 g/mol. The molecule has 0 saturated carbocycles. The quantitative estimate of drug-likeness (QED) is 0.577. The highest BCUT2D eigenvalue weighted by Crippen LogP contribution is 2.23. The average molecular weight is 397 g/mol. The van der Waals surface area contributed by atoms with Crippen molar-refractivity contribution < 1.29 is 4.79 Å². The summed E-state index contributed by atoms with van der Waals surface area (Å²) in [6, 6.07) is 15.1.